The first-order chi connectivity index (χ1) is 15.4. The predicted molar refractivity (Wildman–Crippen MR) is 102 cm³/mol. The molecule has 8 nitrogen and oxygen atoms in total. The Morgan fingerprint density at radius 3 is 2.67 bits per heavy atom. The summed E-state index contributed by atoms with van der Waals surface area (Å²) in [5, 5.41) is 8.35. The van der Waals surface area contributed by atoms with Gasteiger partial charge in [0.05, 0.1) is 30.2 Å². The number of alkyl halides is 5. The van der Waals surface area contributed by atoms with Crippen molar-refractivity contribution in [2.45, 2.75) is 38.0 Å². The summed E-state index contributed by atoms with van der Waals surface area (Å²) in [5.41, 5.74) is -0.721. The fraction of sp³-hybridized carbons (Fsp3) is 0.368. The lowest BCUT2D eigenvalue weighted by atomic mass is 10.1. The smallest absolute Gasteiger partial charge is 0.323 e. The average molecular weight is 473 g/mol. The summed E-state index contributed by atoms with van der Waals surface area (Å²) >= 11 is 0. The number of halogens is 6. The van der Waals surface area contributed by atoms with Gasteiger partial charge in [-0.15, -0.1) is 0 Å². The molecule has 0 bridgehead atoms. The number of hydrogen-bond donors (Lipinski definition) is 2. The summed E-state index contributed by atoms with van der Waals surface area (Å²) < 4.78 is 81.7. The quantitative estimate of drug-likeness (QED) is 0.556. The van der Waals surface area contributed by atoms with Crippen molar-refractivity contribution >= 4 is 11.6 Å². The van der Waals surface area contributed by atoms with Crippen LogP contribution < -0.4 is 10.6 Å². The first-order valence-corrected chi connectivity index (χ1v) is 9.64. The topological polar surface area (TPSA) is 89.7 Å². The molecule has 1 saturated heterocycles. The summed E-state index contributed by atoms with van der Waals surface area (Å²) in [7, 11) is 0. The molecule has 0 unspecified atom stereocenters. The second-order valence-corrected chi connectivity index (χ2v) is 7.60. The SMILES string of the molecule is Cc1cc(C(F)(F)F)nn1CC(=O)Nc1cnc(-n2cnc([C@@H]3CC(F)(F)CN3)c2)c(F)c1. The van der Waals surface area contributed by atoms with Gasteiger partial charge in [-0.2, -0.15) is 18.3 Å². The molecule has 0 aliphatic carbocycles. The van der Waals surface area contributed by atoms with E-state index >= 15 is 0 Å². The van der Waals surface area contributed by atoms with E-state index < -0.39 is 55.1 Å². The molecule has 14 heteroatoms. The Morgan fingerprint density at radius 1 is 1.30 bits per heavy atom. The Hall–Kier alpha value is -3.42. The molecule has 1 aliphatic heterocycles. The van der Waals surface area contributed by atoms with Crippen molar-refractivity contribution in [3.63, 3.8) is 0 Å². The lowest BCUT2D eigenvalue weighted by molar-refractivity contribution is -0.141. The molecule has 3 aromatic heterocycles. The second kappa shape index (κ2) is 8.17. The second-order valence-electron chi connectivity index (χ2n) is 7.60. The summed E-state index contributed by atoms with van der Waals surface area (Å²) in [4.78, 5) is 20.1. The van der Waals surface area contributed by atoms with Gasteiger partial charge in [-0.05, 0) is 13.0 Å². The van der Waals surface area contributed by atoms with Gasteiger partial charge >= 0.3 is 6.18 Å². The van der Waals surface area contributed by atoms with Gasteiger partial charge in [-0.1, -0.05) is 0 Å². The number of aryl methyl sites for hydroxylation is 1. The molecule has 0 radical (unpaired) electrons. The van der Waals surface area contributed by atoms with Crippen LogP contribution in [0.25, 0.3) is 5.82 Å². The van der Waals surface area contributed by atoms with Crippen molar-refractivity contribution < 1.29 is 31.1 Å². The largest absolute Gasteiger partial charge is 0.435 e. The third-order valence-corrected chi connectivity index (χ3v) is 4.98. The number of pyridine rings is 1. The van der Waals surface area contributed by atoms with Crippen LogP contribution >= 0.6 is 0 Å². The minimum atomic E-state index is -4.64. The fourth-order valence-corrected chi connectivity index (χ4v) is 3.39. The van der Waals surface area contributed by atoms with E-state index in [4.69, 9.17) is 0 Å². The molecule has 4 rings (SSSR count). The van der Waals surface area contributed by atoms with Gasteiger partial charge in [-0.25, -0.2) is 23.1 Å². The molecular formula is C19H17F6N7O. The molecule has 33 heavy (non-hydrogen) atoms. The Labute approximate surface area is 182 Å². The van der Waals surface area contributed by atoms with E-state index in [1.165, 1.54) is 24.0 Å². The van der Waals surface area contributed by atoms with Crippen molar-refractivity contribution in [1.29, 1.82) is 0 Å². The summed E-state index contributed by atoms with van der Waals surface area (Å²) in [5.74, 6) is -4.59. The number of rotatable bonds is 5. The highest BCUT2D eigenvalue weighted by atomic mass is 19.4. The van der Waals surface area contributed by atoms with E-state index in [0.29, 0.717) is 5.69 Å². The molecule has 176 valence electrons. The number of hydrogen-bond acceptors (Lipinski definition) is 5. The van der Waals surface area contributed by atoms with Gasteiger partial charge in [0.15, 0.2) is 17.3 Å². The van der Waals surface area contributed by atoms with Crippen LogP contribution in [0.2, 0.25) is 0 Å². The molecule has 1 atom stereocenters. The van der Waals surface area contributed by atoms with Crippen LogP contribution in [0.4, 0.5) is 32.0 Å². The Morgan fingerprint density at radius 2 is 2.06 bits per heavy atom. The van der Waals surface area contributed by atoms with E-state index in [1.807, 2.05) is 0 Å². The fourth-order valence-electron chi connectivity index (χ4n) is 3.39. The van der Waals surface area contributed by atoms with Crippen LogP contribution in [0.5, 0.6) is 0 Å². The molecular weight excluding hydrogens is 456 g/mol. The van der Waals surface area contributed by atoms with Gasteiger partial charge in [0.25, 0.3) is 5.92 Å². The van der Waals surface area contributed by atoms with E-state index in [0.717, 1.165) is 23.0 Å². The van der Waals surface area contributed by atoms with Crippen molar-refractivity contribution in [3.05, 3.63) is 53.8 Å². The summed E-state index contributed by atoms with van der Waals surface area (Å²) in [6.07, 6.45) is -1.31. The zero-order valence-corrected chi connectivity index (χ0v) is 17.0. The van der Waals surface area contributed by atoms with Crippen LogP contribution in [-0.4, -0.2) is 42.7 Å². The molecule has 0 saturated carbocycles. The van der Waals surface area contributed by atoms with Gasteiger partial charge in [0.1, 0.15) is 12.9 Å². The molecule has 4 heterocycles. The van der Waals surface area contributed by atoms with Gasteiger partial charge in [-0.3, -0.25) is 14.0 Å². The predicted octanol–water partition coefficient (Wildman–Crippen LogP) is 3.24. The van der Waals surface area contributed by atoms with E-state index in [9.17, 15) is 31.1 Å². The van der Waals surface area contributed by atoms with Crippen molar-refractivity contribution in [1.82, 2.24) is 29.6 Å². The third kappa shape index (κ3) is 4.99. The number of nitrogens with zero attached hydrogens (tertiary/aromatic N) is 5. The molecule has 3 aromatic rings. The highest BCUT2D eigenvalue weighted by Gasteiger charge is 2.40. The molecule has 1 fully saturated rings. The zero-order chi connectivity index (χ0) is 24.0. The Balaban J connectivity index is 1.43. The Bertz CT molecular complexity index is 1190. The average Bonchev–Trinajstić information content (AvgIpc) is 3.41. The standard InChI is InChI=1S/C19H17F6N7O/c1-10-2-15(19(23,24)25)30-32(10)7-16(33)29-11-3-12(20)17(26-5-11)31-6-14(28-9-31)13-4-18(21,22)8-27-13/h2-3,5-6,9,13,27H,4,7-8H2,1H3,(H,29,33)/t13-/m0/s1. The Kier molecular flexibility index (Phi) is 5.64. The van der Waals surface area contributed by atoms with Gasteiger partial charge < -0.3 is 10.6 Å². The van der Waals surface area contributed by atoms with Crippen LogP contribution in [0, 0.1) is 12.7 Å². The molecule has 2 N–H and O–H groups in total. The zero-order valence-electron chi connectivity index (χ0n) is 17.0. The molecule has 0 spiro atoms. The van der Waals surface area contributed by atoms with Crippen molar-refractivity contribution in [2.24, 2.45) is 0 Å². The van der Waals surface area contributed by atoms with E-state index in [1.54, 1.807) is 0 Å². The lowest BCUT2D eigenvalue weighted by Crippen LogP contribution is -2.21. The number of carbonyl (C=O) groups is 1. The number of carbonyl (C=O) groups excluding carboxylic acids is 1. The number of amides is 1. The van der Waals surface area contributed by atoms with Crippen molar-refractivity contribution in [2.75, 3.05) is 11.9 Å². The van der Waals surface area contributed by atoms with Crippen LogP contribution in [0.3, 0.4) is 0 Å². The van der Waals surface area contributed by atoms with Crippen LogP contribution in [-0.2, 0) is 17.5 Å². The summed E-state index contributed by atoms with van der Waals surface area (Å²) in [6.45, 7) is 0.378. The van der Waals surface area contributed by atoms with Crippen LogP contribution in [0.1, 0.15) is 29.5 Å². The van der Waals surface area contributed by atoms with E-state index in [-0.39, 0.29) is 17.2 Å². The summed E-state index contributed by atoms with van der Waals surface area (Å²) in [6, 6.07) is 1.11. The highest BCUT2D eigenvalue weighted by molar-refractivity contribution is 5.90. The van der Waals surface area contributed by atoms with Crippen LogP contribution in [0.15, 0.2) is 30.9 Å². The lowest BCUT2D eigenvalue weighted by Gasteiger charge is -2.09. The first kappa shape index (κ1) is 22.8. The maximum absolute atomic E-state index is 14.6. The van der Waals surface area contributed by atoms with Crippen molar-refractivity contribution in [3.8, 4) is 5.82 Å². The number of nitrogens with one attached hydrogen (secondary N) is 2. The third-order valence-electron chi connectivity index (χ3n) is 4.98. The molecule has 0 aromatic carbocycles. The van der Waals surface area contributed by atoms with Gasteiger partial charge in [0, 0.05) is 24.4 Å². The number of imidazole rings is 1. The van der Waals surface area contributed by atoms with Gasteiger partial charge in [0.2, 0.25) is 5.91 Å². The minimum Gasteiger partial charge on any atom is -0.323 e. The number of anilines is 1. The first-order valence-electron chi connectivity index (χ1n) is 9.64. The number of aromatic nitrogens is 5. The molecule has 1 amide bonds. The maximum Gasteiger partial charge on any atom is 0.435 e. The van der Waals surface area contributed by atoms with E-state index in [2.05, 4.69) is 25.7 Å². The minimum absolute atomic E-state index is 0.0282. The highest BCUT2D eigenvalue weighted by Crippen LogP contribution is 2.33. The maximum atomic E-state index is 14.6. The monoisotopic (exact) mass is 473 g/mol. The molecule has 1 aliphatic rings. The normalized spacial score (nSPS) is 18.0.